The van der Waals surface area contributed by atoms with E-state index in [1.807, 2.05) is 91.9 Å². The highest BCUT2D eigenvalue weighted by Gasteiger charge is 2.21. The molecule has 0 unspecified atom stereocenters. The SMILES string of the molecule is Cc1c(-c2ccccc2)nc2ccccc2c1C(=O)OCC(=O)N(C)Cc1ccccc1. The number of likely N-dealkylation sites (N-methyl/N-ethyl adjacent to an activating group) is 1. The summed E-state index contributed by atoms with van der Waals surface area (Å²) in [4.78, 5) is 32.0. The zero-order valence-electron chi connectivity index (χ0n) is 18.1. The van der Waals surface area contributed by atoms with Gasteiger partial charge in [0.15, 0.2) is 6.61 Å². The third kappa shape index (κ3) is 4.52. The van der Waals surface area contributed by atoms with Gasteiger partial charge in [0.25, 0.3) is 5.91 Å². The summed E-state index contributed by atoms with van der Waals surface area (Å²) in [5.74, 6) is -0.791. The molecule has 0 saturated heterocycles. The lowest BCUT2D eigenvalue weighted by Crippen LogP contribution is -2.31. The van der Waals surface area contributed by atoms with Crippen LogP contribution < -0.4 is 0 Å². The summed E-state index contributed by atoms with van der Waals surface area (Å²) in [6.07, 6.45) is 0. The molecule has 1 heterocycles. The predicted molar refractivity (Wildman–Crippen MR) is 125 cm³/mol. The van der Waals surface area contributed by atoms with Crippen molar-refractivity contribution in [1.82, 2.24) is 9.88 Å². The molecular formula is C27H24N2O3. The lowest BCUT2D eigenvalue weighted by Gasteiger charge is -2.18. The van der Waals surface area contributed by atoms with Crippen molar-refractivity contribution in [2.75, 3.05) is 13.7 Å². The van der Waals surface area contributed by atoms with Gasteiger partial charge in [-0.3, -0.25) is 4.79 Å². The fourth-order valence-electron chi connectivity index (χ4n) is 3.70. The molecule has 0 atom stereocenters. The van der Waals surface area contributed by atoms with Crippen molar-refractivity contribution in [3.05, 3.63) is 102 Å². The fraction of sp³-hybridized carbons (Fsp3) is 0.148. The quantitative estimate of drug-likeness (QED) is 0.408. The molecule has 0 spiro atoms. The maximum Gasteiger partial charge on any atom is 0.339 e. The van der Waals surface area contributed by atoms with E-state index in [-0.39, 0.29) is 12.5 Å². The Morgan fingerprint density at radius 1 is 0.875 bits per heavy atom. The summed E-state index contributed by atoms with van der Waals surface area (Å²) in [5, 5.41) is 0.708. The van der Waals surface area contributed by atoms with Crippen LogP contribution in [-0.2, 0) is 16.1 Å². The van der Waals surface area contributed by atoms with Crippen LogP contribution in [0.1, 0.15) is 21.5 Å². The van der Waals surface area contributed by atoms with Crippen LogP contribution in [0.25, 0.3) is 22.2 Å². The van der Waals surface area contributed by atoms with Gasteiger partial charge >= 0.3 is 5.97 Å². The Hall–Kier alpha value is -3.99. The molecule has 1 amide bonds. The predicted octanol–water partition coefficient (Wildman–Crippen LogP) is 5.03. The van der Waals surface area contributed by atoms with Crippen LogP contribution in [0.2, 0.25) is 0 Å². The number of hydrogen-bond donors (Lipinski definition) is 0. The summed E-state index contributed by atoms with van der Waals surface area (Å²) in [6.45, 7) is 1.99. The highest BCUT2D eigenvalue weighted by molar-refractivity contribution is 6.06. The van der Waals surface area contributed by atoms with Crippen LogP contribution >= 0.6 is 0 Å². The normalized spacial score (nSPS) is 10.7. The van der Waals surface area contributed by atoms with E-state index in [1.54, 1.807) is 11.9 Å². The Kier molecular flexibility index (Phi) is 6.26. The molecule has 0 fully saturated rings. The van der Waals surface area contributed by atoms with Crippen molar-refractivity contribution in [1.29, 1.82) is 0 Å². The molecule has 0 N–H and O–H groups in total. The number of nitrogens with zero attached hydrogens (tertiary/aromatic N) is 2. The second-order valence-corrected chi connectivity index (χ2v) is 7.66. The number of fused-ring (bicyclic) bond motifs is 1. The third-order valence-electron chi connectivity index (χ3n) is 5.40. The lowest BCUT2D eigenvalue weighted by atomic mass is 9.98. The Morgan fingerprint density at radius 3 is 2.22 bits per heavy atom. The van der Waals surface area contributed by atoms with Gasteiger partial charge in [0.05, 0.1) is 16.8 Å². The minimum atomic E-state index is -0.528. The van der Waals surface area contributed by atoms with Gasteiger partial charge in [0, 0.05) is 24.5 Å². The number of carbonyl (C=O) groups excluding carboxylic acids is 2. The van der Waals surface area contributed by atoms with Crippen molar-refractivity contribution in [2.24, 2.45) is 0 Å². The summed E-state index contributed by atoms with van der Waals surface area (Å²) >= 11 is 0. The van der Waals surface area contributed by atoms with Gasteiger partial charge in [-0.1, -0.05) is 78.9 Å². The molecule has 0 saturated carbocycles. The van der Waals surface area contributed by atoms with Crippen molar-refractivity contribution in [3.8, 4) is 11.3 Å². The smallest absolute Gasteiger partial charge is 0.339 e. The summed E-state index contributed by atoms with van der Waals surface area (Å²) in [5.41, 5.74) is 4.53. The number of ether oxygens (including phenoxy) is 1. The van der Waals surface area contributed by atoms with Gasteiger partial charge in [0.2, 0.25) is 0 Å². The maximum absolute atomic E-state index is 13.1. The average molecular weight is 425 g/mol. The van der Waals surface area contributed by atoms with Gasteiger partial charge in [-0.2, -0.15) is 0 Å². The molecule has 5 nitrogen and oxygen atoms in total. The van der Waals surface area contributed by atoms with E-state index in [4.69, 9.17) is 9.72 Å². The number of benzene rings is 3. The number of carbonyl (C=O) groups is 2. The number of aromatic nitrogens is 1. The first-order valence-corrected chi connectivity index (χ1v) is 10.4. The van der Waals surface area contributed by atoms with Crippen LogP contribution in [-0.4, -0.2) is 35.4 Å². The molecular weight excluding hydrogens is 400 g/mol. The Bertz CT molecular complexity index is 1250. The van der Waals surface area contributed by atoms with Crippen molar-refractivity contribution in [3.63, 3.8) is 0 Å². The van der Waals surface area contributed by atoms with Gasteiger partial charge in [0.1, 0.15) is 0 Å². The molecule has 0 aliphatic rings. The molecule has 3 aromatic carbocycles. The molecule has 0 radical (unpaired) electrons. The molecule has 0 aliphatic carbocycles. The van der Waals surface area contributed by atoms with Crippen LogP contribution in [0, 0.1) is 6.92 Å². The molecule has 1 aromatic heterocycles. The van der Waals surface area contributed by atoms with Crippen LogP contribution in [0.15, 0.2) is 84.9 Å². The number of amides is 1. The van der Waals surface area contributed by atoms with E-state index in [0.717, 1.165) is 22.4 Å². The molecule has 4 rings (SSSR count). The summed E-state index contributed by atoms with van der Waals surface area (Å²) < 4.78 is 5.47. The number of hydrogen-bond acceptors (Lipinski definition) is 4. The van der Waals surface area contributed by atoms with Gasteiger partial charge in [-0.05, 0) is 24.1 Å². The standard InChI is InChI=1S/C27H24N2O3/c1-19-25(27(31)32-18-24(30)29(2)17-20-11-5-3-6-12-20)22-15-9-10-16-23(22)28-26(19)21-13-7-4-8-14-21/h3-16H,17-18H2,1-2H3. The number of pyridine rings is 1. The fourth-order valence-corrected chi connectivity index (χ4v) is 3.70. The minimum Gasteiger partial charge on any atom is -0.452 e. The second-order valence-electron chi connectivity index (χ2n) is 7.66. The van der Waals surface area contributed by atoms with Gasteiger partial charge < -0.3 is 9.64 Å². The van der Waals surface area contributed by atoms with Crippen LogP contribution in [0.3, 0.4) is 0 Å². The van der Waals surface area contributed by atoms with Crippen LogP contribution in [0.4, 0.5) is 0 Å². The molecule has 32 heavy (non-hydrogen) atoms. The molecule has 0 aliphatic heterocycles. The van der Waals surface area contributed by atoms with Gasteiger partial charge in [-0.25, -0.2) is 9.78 Å². The van der Waals surface area contributed by atoms with Crippen molar-refractivity contribution >= 4 is 22.8 Å². The average Bonchev–Trinajstić information content (AvgIpc) is 2.83. The Balaban J connectivity index is 1.58. The largest absolute Gasteiger partial charge is 0.452 e. The minimum absolute atomic E-state index is 0.262. The van der Waals surface area contributed by atoms with Gasteiger partial charge in [-0.15, -0.1) is 0 Å². The van der Waals surface area contributed by atoms with Crippen molar-refractivity contribution < 1.29 is 14.3 Å². The van der Waals surface area contributed by atoms with E-state index in [2.05, 4.69) is 0 Å². The highest BCUT2D eigenvalue weighted by atomic mass is 16.5. The zero-order valence-corrected chi connectivity index (χ0v) is 18.1. The monoisotopic (exact) mass is 424 g/mol. The highest BCUT2D eigenvalue weighted by Crippen LogP contribution is 2.30. The zero-order chi connectivity index (χ0) is 22.5. The number of esters is 1. The van der Waals surface area contributed by atoms with E-state index in [1.165, 1.54) is 0 Å². The maximum atomic E-state index is 13.1. The number of rotatable bonds is 6. The lowest BCUT2D eigenvalue weighted by molar-refractivity contribution is -0.133. The van der Waals surface area contributed by atoms with E-state index in [0.29, 0.717) is 23.0 Å². The second kappa shape index (κ2) is 9.43. The first-order chi connectivity index (χ1) is 15.5. The van der Waals surface area contributed by atoms with E-state index in [9.17, 15) is 9.59 Å². The molecule has 160 valence electrons. The summed E-state index contributed by atoms with van der Waals surface area (Å²) in [6, 6.07) is 26.9. The van der Waals surface area contributed by atoms with Crippen molar-refractivity contribution in [2.45, 2.75) is 13.5 Å². The number of para-hydroxylation sites is 1. The molecule has 4 aromatic rings. The van der Waals surface area contributed by atoms with E-state index >= 15 is 0 Å². The summed E-state index contributed by atoms with van der Waals surface area (Å²) in [7, 11) is 1.70. The molecule has 5 heteroatoms. The Labute approximate surface area is 187 Å². The topological polar surface area (TPSA) is 59.5 Å². The molecule has 0 bridgehead atoms. The Morgan fingerprint density at radius 2 is 1.50 bits per heavy atom. The third-order valence-corrected chi connectivity index (χ3v) is 5.40. The first kappa shape index (κ1) is 21.2. The van der Waals surface area contributed by atoms with E-state index < -0.39 is 5.97 Å². The van der Waals surface area contributed by atoms with Crippen LogP contribution in [0.5, 0.6) is 0 Å². The first-order valence-electron chi connectivity index (χ1n) is 10.4.